The van der Waals surface area contributed by atoms with Gasteiger partial charge in [-0.1, -0.05) is 6.92 Å². The monoisotopic (exact) mass is 380 g/mol. The van der Waals surface area contributed by atoms with Gasteiger partial charge in [-0.2, -0.15) is 0 Å². The maximum absolute atomic E-state index is 12.9. The minimum atomic E-state index is -3.74. The van der Waals surface area contributed by atoms with Crippen molar-refractivity contribution in [2.45, 2.75) is 51.7 Å². The molecule has 1 unspecified atom stereocenters. The van der Waals surface area contributed by atoms with Crippen molar-refractivity contribution in [3.05, 3.63) is 11.3 Å². The van der Waals surface area contributed by atoms with Gasteiger partial charge in [0.05, 0.1) is 18.5 Å². The molecular weight excluding hydrogens is 351 g/mol. The molecule has 0 radical (unpaired) electrons. The molecule has 0 amide bonds. The number of phosphoric acid groups is 1. The summed E-state index contributed by atoms with van der Waals surface area (Å²) >= 11 is 0. The zero-order valence-electron chi connectivity index (χ0n) is 14.7. The van der Waals surface area contributed by atoms with Crippen molar-refractivity contribution in [2.75, 3.05) is 25.6 Å². The van der Waals surface area contributed by atoms with Gasteiger partial charge in [-0.05, 0) is 51.0 Å². The van der Waals surface area contributed by atoms with Crippen LogP contribution in [0.3, 0.4) is 0 Å². The summed E-state index contributed by atoms with van der Waals surface area (Å²) in [5.41, 5.74) is 1.09. The number of allylic oxidation sites excluding steroid dienone is 1. The maximum atomic E-state index is 12.9. The number of hydrogen-bond acceptors (Lipinski definition) is 6. The topological polar surface area (TPSA) is 82.1 Å². The van der Waals surface area contributed by atoms with E-state index in [0.29, 0.717) is 17.4 Å². The van der Waals surface area contributed by atoms with E-state index in [1.54, 1.807) is 13.8 Å². The number of aliphatic hydroxyl groups is 1. The van der Waals surface area contributed by atoms with E-state index in [0.717, 1.165) is 31.3 Å². The van der Waals surface area contributed by atoms with Gasteiger partial charge in [0.15, 0.2) is 0 Å². The van der Waals surface area contributed by atoms with Gasteiger partial charge in [-0.25, -0.2) is 4.57 Å². The molecule has 1 saturated carbocycles. The average molecular weight is 380 g/mol. The third-order valence-corrected chi connectivity index (χ3v) is 7.97. The maximum Gasteiger partial charge on any atom is 0.529 e. The van der Waals surface area contributed by atoms with Crippen LogP contribution in [-0.4, -0.2) is 40.1 Å². The first-order chi connectivity index (χ1) is 11.5. The molecule has 0 aliphatic heterocycles. The van der Waals surface area contributed by atoms with Crippen molar-refractivity contribution in [2.24, 2.45) is 11.8 Å². The molecule has 24 heavy (non-hydrogen) atoms. The van der Waals surface area contributed by atoms with E-state index in [-0.39, 0.29) is 25.7 Å². The van der Waals surface area contributed by atoms with Crippen molar-refractivity contribution in [3.8, 4) is 0 Å². The molecular formula is C16H29O6PS. The number of phosphoric ester groups is 1. The molecule has 0 aromatic heterocycles. The van der Waals surface area contributed by atoms with Crippen LogP contribution >= 0.6 is 7.82 Å². The number of rotatable bonds is 9. The second kappa shape index (κ2) is 8.95. The highest BCUT2D eigenvalue weighted by atomic mass is 32.2. The molecule has 140 valence electrons. The number of aliphatic hydroxyl groups excluding tert-OH is 1. The third-order valence-electron chi connectivity index (χ3n) is 4.67. The predicted octanol–water partition coefficient (Wildman–Crippen LogP) is 3.39. The van der Waals surface area contributed by atoms with E-state index in [9.17, 15) is 13.9 Å². The van der Waals surface area contributed by atoms with E-state index in [1.165, 1.54) is 0 Å². The molecule has 0 bridgehead atoms. The van der Waals surface area contributed by atoms with E-state index >= 15 is 0 Å². The fraction of sp³-hybridized carbons (Fsp3) is 0.875. The Morgan fingerprint density at radius 2 is 1.92 bits per heavy atom. The lowest BCUT2D eigenvalue weighted by Crippen LogP contribution is -2.38. The summed E-state index contributed by atoms with van der Waals surface area (Å²) in [4.78, 5) is 0. The zero-order valence-corrected chi connectivity index (χ0v) is 16.4. The second-order valence-electron chi connectivity index (χ2n) is 6.12. The standard InChI is InChI=1S/C16H29O6PS/c1-4-20-23(18,21-5-2)22-15-14-9-7-8-12(14)10-13(11-17)16(15)24(19)6-3/h12-13,16-17H,4-11H2,1-3H3/t12-,13-,16+,24?/m1/s1. The van der Waals surface area contributed by atoms with Gasteiger partial charge in [0.25, 0.3) is 0 Å². The fourth-order valence-electron chi connectivity index (χ4n) is 3.71. The van der Waals surface area contributed by atoms with Crippen molar-refractivity contribution < 1.29 is 27.5 Å². The SMILES string of the molecule is CCOP(=O)(OCC)OC1=C2CCC[C@@H]2C[C@H](CO)[C@@H]1S(=O)CC. The summed E-state index contributed by atoms with van der Waals surface area (Å²) in [5.74, 6) is 1.11. The lowest BCUT2D eigenvalue weighted by Gasteiger charge is -2.36. The highest BCUT2D eigenvalue weighted by Gasteiger charge is 2.45. The predicted molar refractivity (Wildman–Crippen MR) is 94.0 cm³/mol. The van der Waals surface area contributed by atoms with E-state index in [4.69, 9.17) is 13.6 Å². The summed E-state index contributed by atoms with van der Waals surface area (Å²) in [6.07, 6.45) is 3.72. The van der Waals surface area contributed by atoms with E-state index < -0.39 is 23.9 Å². The minimum absolute atomic E-state index is 0.0549. The van der Waals surface area contributed by atoms with Crippen LogP contribution in [0.1, 0.15) is 46.5 Å². The Bertz CT molecular complexity index is 525. The molecule has 2 aliphatic carbocycles. The van der Waals surface area contributed by atoms with E-state index in [1.807, 2.05) is 6.92 Å². The lowest BCUT2D eigenvalue weighted by atomic mass is 9.81. The molecule has 0 aromatic rings. The van der Waals surface area contributed by atoms with Gasteiger partial charge >= 0.3 is 7.82 Å². The van der Waals surface area contributed by atoms with Gasteiger partial charge in [0, 0.05) is 29.1 Å². The van der Waals surface area contributed by atoms with Crippen LogP contribution in [-0.2, 0) is 28.9 Å². The molecule has 0 aromatic carbocycles. The molecule has 2 aliphatic rings. The Morgan fingerprint density at radius 1 is 1.25 bits per heavy atom. The highest BCUT2D eigenvalue weighted by Crippen LogP contribution is 2.56. The normalized spacial score (nSPS) is 28.8. The first-order valence-electron chi connectivity index (χ1n) is 8.79. The fourth-order valence-corrected chi connectivity index (χ4v) is 6.49. The van der Waals surface area contributed by atoms with Crippen LogP contribution < -0.4 is 0 Å². The molecule has 1 N–H and O–H groups in total. The van der Waals surface area contributed by atoms with Gasteiger partial charge in [0.1, 0.15) is 5.76 Å². The Balaban J connectivity index is 2.42. The van der Waals surface area contributed by atoms with Crippen LogP contribution in [0.5, 0.6) is 0 Å². The lowest BCUT2D eigenvalue weighted by molar-refractivity contribution is 0.127. The number of hydrogen-bond donors (Lipinski definition) is 1. The highest BCUT2D eigenvalue weighted by molar-refractivity contribution is 7.85. The van der Waals surface area contributed by atoms with Crippen LogP contribution in [0, 0.1) is 11.8 Å². The second-order valence-corrected chi connectivity index (χ2v) is 9.56. The first-order valence-corrected chi connectivity index (χ1v) is 11.6. The van der Waals surface area contributed by atoms with Crippen molar-refractivity contribution >= 4 is 18.6 Å². The molecule has 0 saturated heterocycles. The van der Waals surface area contributed by atoms with Crippen molar-refractivity contribution in [3.63, 3.8) is 0 Å². The molecule has 6 nitrogen and oxygen atoms in total. The first kappa shape index (κ1) is 20.1. The average Bonchev–Trinajstić information content (AvgIpc) is 3.02. The summed E-state index contributed by atoms with van der Waals surface area (Å²) < 4.78 is 41.9. The third kappa shape index (κ3) is 4.31. The van der Waals surface area contributed by atoms with Gasteiger partial charge in [-0.15, -0.1) is 0 Å². The summed E-state index contributed by atoms with van der Waals surface area (Å²) in [6, 6.07) is 0. The Morgan fingerprint density at radius 3 is 2.46 bits per heavy atom. The molecule has 8 heteroatoms. The molecule has 0 heterocycles. The van der Waals surface area contributed by atoms with Crippen LogP contribution in [0.15, 0.2) is 11.3 Å². The van der Waals surface area contributed by atoms with Crippen LogP contribution in [0.4, 0.5) is 0 Å². The minimum Gasteiger partial charge on any atom is -0.407 e. The molecule has 0 spiro atoms. The smallest absolute Gasteiger partial charge is 0.407 e. The molecule has 4 atom stereocenters. The largest absolute Gasteiger partial charge is 0.529 e. The Labute approximate surface area is 147 Å². The quantitative estimate of drug-likeness (QED) is 0.618. The van der Waals surface area contributed by atoms with Gasteiger partial charge < -0.3 is 9.63 Å². The summed E-state index contributed by atoms with van der Waals surface area (Å²) in [6.45, 7) is 5.65. The van der Waals surface area contributed by atoms with Crippen LogP contribution in [0.2, 0.25) is 0 Å². The van der Waals surface area contributed by atoms with Crippen molar-refractivity contribution in [1.29, 1.82) is 0 Å². The zero-order chi connectivity index (χ0) is 17.7. The summed E-state index contributed by atoms with van der Waals surface area (Å²) in [7, 11) is -4.94. The molecule has 1 fully saturated rings. The van der Waals surface area contributed by atoms with E-state index in [2.05, 4.69) is 0 Å². The van der Waals surface area contributed by atoms with Gasteiger partial charge in [0.2, 0.25) is 0 Å². The van der Waals surface area contributed by atoms with Gasteiger partial charge in [-0.3, -0.25) is 13.3 Å². The van der Waals surface area contributed by atoms with Crippen LogP contribution in [0.25, 0.3) is 0 Å². The number of fused-ring (bicyclic) bond motifs is 1. The van der Waals surface area contributed by atoms with Crippen molar-refractivity contribution in [1.82, 2.24) is 0 Å². The Hall–Kier alpha value is -0.200. The summed E-state index contributed by atoms with van der Waals surface area (Å²) in [5, 5.41) is 9.36. The molecule has 2 rings (SSSR count). The Kier molecular flexibility index (Phi) is 7.50.